The Kier molecular flexibility index (Phi) is 3.95. The molecule has 2 rings (SSSR count). The average Bonchev–Trinajstić information content (AvgIpc) is 2.42. The molecule has 7 heteroatoms. The van der Waals surface area contributed by atoms with E-state index in [2.05, 4.69) is 10.3 Å². The van der Waals surface area contributed by atoms with Crippen LogP contribution < -0.4 is 5.32 Å². The van der Waals surface area contributed by atoms with E-state index in [9.17, 15) is 14.0 Å². The maximum Gasteiger partial charge on any atom is 0.354 e. The Balaban J connectivity index is 2.26. The number of aromatic nitrogens is 1. The summed E-state index contributed by atoms with van der Waals surface area (Å²) in [6.07, 6.45) is 0. The quantitative estimate of drug-likeness (QED) is 0.912. The molecule has 20 heavy (non-hydrogen) atoms. The van der Waals surface area contributed by atoms with Crippen LogP contribution in [0.3, 0.4) is 0 Å². The largest absolute Gasteiger partial charge is 0.477 e. The third kappa shape index (κ3) is 2.92. The van der Waals surface area contributed by atoms with Crippen molar-refractivity contribution >= 4 is 29.3 Å². The van der Waals surface area contributed by atoms with Gasteiger partial charge < -0.3 is 10.4 Å². The summed E-state index contributed by atoms with van der Waals surface area (Å²) < 4.78 is 13.7. The lowest BCUT2D eigenvalue weighted by Gasteiger charge is -2.06. The summed E-state index contributed by atoms with van der Waals surface area (Å²) in [6, 6.07) is 8.10. The van der Waals surface area contributed by atoms with Gasteiger partial charge in [-0.05, 0) is 24.3 Å². The molecule has 0 fully saturated rings. The summed E-state index contributed by atoms with van der Waals surface area (Å²) in [5.74, 6) is -2.83. The Morgan fingerprint density at radius 3 is 2.60 bits per heavy atom. The Hall–Kier alpha value is -2.47. The second-order valence-electron chi connectivity index (χ2n) is 3.77. The van der Waals surface area contributed by atoms with Gasteiger partial charge in [0.1, 0.15) is 5.82 Å². The third-order valence-electron chi connectivity index (χ3n) is 2.41. The first-order chi connectivity index (χ1) is 9.49. The number of aromatic carboxylic acids is 1. The van der Waals surface area contributed by atoms with Crippen molar-refractivity contribution in [2.45, 2.75) is 0 Å². The summed E-state index contributed by atoms with van der Waals surface area (Å²) in [7, 11) is 0. The van der Waals surface area contributed by atoms with Crippen molar-refractivity contribution < 1.29 is 19.1 Å². The van der Waals surface area contributed by atoms with Crippen LogP contribution in [-0.2, 0) is 0 Å². The van der Waals surface area contributed by atoms with E-state index in [1.807, 2.05) is 0 Å². The van der Waals surface area contributed by atoms with Crippen molar-refractivity contribution in [3.8, 4) is 0 Å². The molecule has 0 aliphatic rings. The predicted molar refractivity (Wildman–Crippen MR) is 70.6 cm³/mol. The average molecular weight is 295 g/mol. The lowest BCUT2D eigenvalue weighted by atomic mass is 10.2. The second kappa shape index (κ2) is 5.66. The zero-order chi connectivity index (χ0) is 14.7. The first-order valence-corrected chi connectivity index (χ1v) is 5.82. The van der Waals surface area contributed by atoms with Crippen LogP contribution in [0.5, 0.6) is 0 Å². The number of benzene rings is 1. The van der Waals surface area contributed by atoms with E-state index < -0.39 is 17.7 Å². The monoisotopic (exact) mass is 294 g/mol. The highest BCUT2D eigenvalue weighted by molar-refractivity contribution is 6.31. The van der Waals surface area contributed by atoms with Crippen molar-refractivity contribution in [2.75, 3.05) is 5.32 Å². The summed E-state index contributed by atoms with van der Waals surface area (Å²) in [5, 5.41) is 10.9. The van der Waals surface area contributed by atoms with Crippen molar-refractivity contribution in [3.63, 3.8) is 0 Å². The minimum atomic E-state index is -1.23. The number of nitrogens with zero attached hydrogens (tertiary/aromatic N) is 1. The highest BCUT2D eigenvalue weighted by Gasteiger charge is 2.15. The molecule has 1 amide bonds. The van der Waals surface area contributed by atoms with Gasteiger partial charge in [0, 0.05) is 0 Å². The first-order valence-electron chi connectivity index (χ1n) is 5.45. The lowest BCUT2D eigenvalue weighted by molar-refractivity contribution is 0.0690. The lowest BCUT2D eigenvalue weighted by Crippen LogP contribution is -2.15. The smallest absolute Gasteiger partial charge is 0.354 e. The molecule has 0 unspecified atom stereocenters. The van der Waals surface area contributed by atoms with Crippen molar-refractivity contribution in [1.29, 1.82) is 0 Å². The van der Waals surface area contributed by atoms with Gasteiger partial charge in [-0.2, -0.15) is 0 Å². The SMILES string of the molecule is O=C(O)c1cccc(NC(=O)c2cccc(Cl)c2F)n1. The minimum Gasteiger partial charge on any atom is -0.477 e. The summed E-state index contributed by atoms with van der Waals surface area (Å²) >= 11 is 5.58. The number of amides is 1. The topological polar surface area (TPSA) is 79.3 Å². The van der Waals surface area contributed by atoms with Crippen LogP contribution in [0.1, 0.15) is 20.8 Å². The zero-order valence-electron chi connectivity index (χ0n) is 9.93. The van der Waals surface area contributed by atoms with Crippen LogP contribution in [0.25, 0.3) is 0 Å². The molecule has 2 N–H and O–H groups in total. The number of carboxylic acids is 1. The molecule has 0 aliphatic carbocycles. The van der Waals surface area contributed by atoms with Crippen molar-refractivity contribution in [3.05, 3.63) is 58.5 Å². The second-order valence-corrected chi connectivity index (χ2v) is 4.18. The number of hydrogen-bond donors (Lipinski definition) is 2. The van der Waals surface area contributed by atoms with E-state index in [-0.39, 0.29) is 22.1 Å². The van der Waals surface area contributed by atoms with Gasteiger partial charge in [0.2, 0.25) is 0 Å². The number of rotatable bonds is 3. The van der Waals surface area contributed by atoms with Crippen molar-refractivity contribution in [1.82, 2.24) is 4.98 Å². The van der Waals surface area contributed by atoms with Crippen LogP contribution in [0.4, 0.5) is 10.2 Å². The highest BCUT2D eigenvalue weighted by Crippen LogP contribution is 2.18. The summed E-state index contributed by atoms with van der Waals surface area (Å²) in [4.78, 5) is 26.3. The highest BCUT2D eigenvalue weighted by atomic mass is 35.5. The normalized spacial score (nSPS) is 10.1. The molecule has 0 spiro atoms. The van der Waals surface area contributed by atoms with Gasteiger partial charge in [0.05, 0.1) is 10.6 Å². The minimum absolute atomic E-state index is 0.00859. The number of carbonyl (C=O) groups is 2. The van der Waals surface area contributed by atoms with Gasteiger partial charge in [-0.25, -0.2) is 14.2 Å². The maximum atomic E-state index is 13.7. The molecule has 0 atom stereocenters. The molecule has 102 valence electrons. The van der Waals surface area contributed by atoms with Crippen LogP contribution >= 0.6 is 11.6 Å². The Bertz CT molecular complexity index is 691. The molecule has 1 heterocycles. The van der Waals surface area contributed by atoms with E-state index in [0.29, 0.717) is 0 Å². The molecular formula is C13H8ClFN2O3. The molecule has 0 saturated carbocycles. The fraction of sp³-hybridized carbons (Fsp3) is 0. The molecular weight excluding hydrogens is 287 g/mol. The van der Waals surface area contributed by atoms with E-state index in [0.717, 1.165) is 0 Å². The number of pyridine rings is 1. The Labute approximate surface area is 118 Å². The van der Waals surface area contributed by atoms with Crippen LogP contribution in [-0.4, -0.2) is 22.0 Å². The fourth-order valence-electron chi connectivity index (χ4n) is 1.49. The van der Waals surface area contributed by atoms with Gasteiger partial charge in [0.25, 0.3) is 5.91 Å². The molecule has 0 saturated heterocycles. The predicted octanol–water partition coefficient (Wildman–Crippen LogP) is 2.82. The van der Waals surface area contributed by atoms with Crippen LogP contribution in [0, 0.1) is 5.82 Å². The Morgan fingerprint density at radius 1 is 1.20 bits per heavy atom. The number of carbonyl (C=O) groups excluding carboxylic acids is 1. The molecule has 0 bridgehead atoms. The number of anilines is 1. The molecule has 1 aromatic carbocycles. The van der Waals surface area contributed by atoms with E-state index >= 15 is 0 Å². The molecule has 0 aliphatic heterocycles. The maximum absolute atomic E-state index is 13.7. The number of carboxylic acid groups (broad SMARTS) is 1. The van der Waals surface area contributed by atoms with Gasteiger partial charge in [-0.3, -0.25) is 4.79 Å². The zero-order valence-corrected chi connectivity index (χ0v) is 10.7. The fourth-order valence-corrected chi connectivity index (χ4v) is 1.66. The molecule has 0 radical (unpaired) electrons. The van der Waals surface area contributed by atoms with Gasteiger partial charge >= 0.3 is 5.97 Å². The van der Waals surface area contributed by atoms with Gasteiger partial charge in [-0.15, -0.1) is 0 Å². The summed E-state index contributed by atoms with van der Waals surface area (Å²) in [6.45, 7) is 0. The number of nitrogens with one attached hydrogen (secondary N) is 1. The number of halogens is 2. The molecule has 5 nitrogen and oxygen atoms in total. The van der Waals surface area contributed by atoms with E-state index in [1.165, 1.54) is 36.4 Å². The van der Waals surface area contributed by atoms with E-state index in [1.54, 1.807) is 0 Å². The van der Waals surface area contributed by atoms with E-state index in [4.69, 9.17) is 16.7 Å². The van der Waals surface area contributed by atoms with Gasteiger partial charge in [-0.1, -0.05) is 23.7 Å². The van der Waals surface area contributed by atoms with Crippen molar-refractivity contribution in [2.24, 2.45) is 0 Å². The Morgan fingerprint density at radius 2 is 1.90 bits per heavy atom. The molecule has 1 aromatic heterocycles. The first kappa shape index (κ1) is 14.0. The van der Waals surface area contributed by atoms with Crippen LogP contribution in [0.15, 0.2) is 36.4 Å². The third-order valence-corrected chi connectivity index (χ3v) is 2.70. The number of hydrogen-bond acceptors (Lipinski definition) is 3. The molecule has 2 aromatic rings. The van der Waals surface area contributed by atoms with Crippen LogP contribution in [0.2, 0.25) is 5.02 Å². The standard InChI is InChI=1S/C13H8ClFN2O3/c14-8-4-1-3-7(11(8)15)12(18)17-10-6-2-5-9(16-10)13(19)20/h1-6H,(H,19,20)(H,16,17,18). The summed E-state index contributed by atoms with van der Waals surface area (Å²) in [5.41, 5.74) is -0.477. The van der Waals surface area contributed by atoms with Gasteiger partial charge in [0.15, 0.2) is 11.5 Å².